The zero-order valence-electron chi connectivity index (χ0n) is 12.6. The molecule has 0 radical (unpaired) electrons. The molecule has 0 spiro atoms. The Morgan fingerprint density at radius 3 is 1.82 bits per heavy atom. The van der Waals surface area contributed by atoms with Crippen molar-refractivity contribution >= 4 is 0 Å². The van der Waals surface area contributed by atoms with Crippen LogP contribution >= 0.6 is 0 Å². The third-order valence-corrected chi connectivity index (χ3v) is 2.50. The lowest BCUT2D eigenvalue weighted by Crippen LogP contribution is -2.01. The van der Waals surface area contributed by atoms with E-state index in [-0.39, 0.29) is 0 Å². The predicted molar refractivity (Wildman–Crippen MR) is 80.6 cm³/mol. The molecule has 100 valence electrons. The van der Waals surface area contributed by atoms with Crippen LogP contribution in [-0.4, -0.2) is 7.05 Å². The maximum atomic E-state index is 4.50. The lowest BCUT2D eigenvalue weighted by atomic mass is 9.91. The first-order valence-electron chi connectivity index (χ1n) is 7.02. The van der Waals surface area contributed by atoms with Crippen molar-refractivity contribution < 1.29 is 0 Å². The van der Waals surface area contributed by atoms with Crippen molar-refractivity contribution in [2.24, 2.45) is 5.73 Å². The Bertz CT molecular complexity index is 266. The van der Waals surface area contributed by atoms with E-state index >= 15 is 0 Å². The van der Waals surface area contributed by atoms with E-state index in [0.717, 1.165) is 0 Å². The van der Waals surface area contributed by atoms with Gasteiger partial charge in [-0.1, -0.05) is 51.5 Å². The average molecular weight is 237 g/mol. The average Bonchev–Trinajstić information content (AvgIpc) is 2.45. The molecule has 1 aliphatic carbocycles. The van der Waals surface area contributed by atoms with Crippen molar-refractivity contribution in [2.75, 3.05) is 7.05 Å². The molecule has 0 aliphatic heterocycles. The molecule has 0 saturated heterocycles. The zero-order valence-corrected chi connectivity index (χ0v) is 12.6. The van der Waals surface area contributed by atoms with E-state index in [1.807, 2.05) is 27.7 Å². The molecule has 0 aromatic heterocycles. The van der Waals surface area contributed by atoms with Crippen LogP contribution in [0.1, 0.15) is 57.2 Å². The molecular formula is C16H31N. The summed E-state index contributed by atoms with van der Waals surface area (Å²) in [4.78, 5) is 0. The molecule has 0 heterocycles. The van der Waals surface area contributed by atoms with Crippen LogP contribution in [0, 0.1) is 6.92 Å². The smallest absolute Gasteiger partial charge is 0.0195 e. The fourth-order valence-corrected chi connectivity index (χ4v) is 1.86. The molecule has 0 atom stereocenters. The lowest BCUT2D eigenvalue weighted by Gasteiger charge is -2.15. The Hall–Kier alpha value is -0.820. The molecule has 17 heavy (non-hydrogen) atoms. The zero-order chi connectivity index (χ0) is 13.7. The summed E-state index contributed by atoms with van der Waals surface area (Å²) < 4.78 is 0. The number of hydrogen-bond acceptors (Lipinski definition) is 1. The minimum Gasteiger partial charge on any atom is -0.333 e. The molecule has 2 rings (SSSR count). The molecule has 0 unspecified atom stereocenters. The highest BCUT2D eigenvalue weighted by Gasteiger charge is 2.07. The minimum atomic E-state index is 1.30. The van der Waals surface area contributed by atoms with E-state index in [4.69, 9.17) is 0 Å². The van der Waals surface area contributed by atoms with E-state index in [0.29, 0.717) is 0 Å². The molecule has 0 bridgehead atoms. The Labute approximate surface area is 108 Å². The molecule has 1 aromatic rings. The molecule has 1 aliphatic rings. The molecule has 0 amide bonds. The van der Waals surface area contributed by atoms with Gasteiger partial charge in [0.1, 0.15) is 0 Å². The largest absolute Gasteiger partial charge is 0.333 e. The number of nitrogens with two attached hydrogens (primary N) is 1. The second kappa shape index (κ2) is 13.2. The van der Waals surface area contributed by atoms with Crippen molar-refractivity contribution in [1.29, 1.82) is 0 Å². The van der Waals surface area contributed by atoms with E-state index in [2.05, 4.69) is 30.9 Å². The summed E-state index contributed by atoms with van der Waals surface area (Å²) >= 11 is 0. The Morgan fingerprint density at radius 1 is 0.824 bits per heavy atom. The molecule has 1 nitrogen and oxygen atoms in total. The maximum absolute atomic E-state index is 4.50. The molecule has 1 aromatic carbocycles. The molecule has 2 N–H and O–H groups in total. The molecule has 0 fully saturated rings. The number of benzene rings is 1. The highest BCUT2D eigenvalue weighted by atomic mass is 14.4. The van der Waals surface area contributed by atoms with Crippen molar-refractivity contribution in [3.8, 4) is 0 Å². The summed E-state index contributed by atoms with van der Waals surface area (Å²) in [5.74, 6) is 0. The minimum absolute atomic E-state index is 1.30. The van der Waals surface area contributed by atoms with Crippen molar-refractivity contribution in [3.63, 3.8) is 0 Å². The van der Waals surface area contributed by atoms with Gasteiger partial charge in [-0.3, -0.25) is 0 Å². The number of rotatable bonds is 0. The van der Waals surface area contributed by atoms with Crippen molar-refractivity contribution in [2.45, 2.75) is 60.3 Å². The van der Waals surface area contributed by atoms with Gasteiger partial charge in [-0.25, -0.2) is 0 Å². The van der Waals surface area contributed by atoms with E-state index < -0.39 is 0 Å². The van der Waals surface area contributed by atoms with E-state index in [1.165, 1.54) is 38.3 Å². The fourth-order valence-electron chi connectivity index (χ4n) is 1.86. The summed E-state index contributed by atoms with van der Waals surface area (Å²) in [5, 5.41) is 0. The highest BCUT2D eigenvalue weighted by Crippen LogP contribution is 2.21. The lowest BCUT2D eigenvalue weighted by molar-refractivity contribution is 0.685. The van der Waals surface area contributed by atoms with Gasteiger partial charge in [0.05, 0.1) is 0 Å². The highest BCUT2D eigenvalue weighted by molar-refractivity contribution is 5.32. The summed E-state index contributed by atoms with van der Waals surface area (Å²) in [6, 6.07) is 6.86. The van der Waals surface area contributed by atoms with Crippen LogP contribution < -0.4 is 5.73 Å². The Kier molecular flexibility index (Phi) is 14.4. The van der Waals surface area contributed by atoms with Gasteiger partial charge in [0.2, 0.25) is 0 Å². The summed E-state index contributed by atoms with van der Waals surface area (Å²) in [7, 11) is 1.50. The normalized spacial score (nSPS) is 11.5. The third-order valence-electron chi connectivity index (χ3n) is 2.50. The molecule has 1 heteroatoms. The summed E-state index contributed by atoms with van der Waals surface area (Å²) in [6.45, 7) is 10.2. The quantitative estimate of drug-likeness (QED) is 0.706. The van der Waals surface area contributed by atoms with Crippen LogP contribution in [0.3, 0.4) is 0 Å². The predicted octanol–water partition coefficient (Wildman–Crippen LogP) is 4.50. The first-order valence-corrected chi connectivity index (χ1v) is 7.02. The van der Waals surface area contributed by atoms with E-state index in [1.54, 1.807) is 11.1 Å². The summed E-state index contributed by atoms with van der Waals surface area (Å²) in [5.41, 5.74) is 9.09. The van der Waals surface area contributed by atoms with Gasteiger partial charge in [-0.05, 0) is 50.8 Å². The SMILES string of the molecule is CC.CC.CN.Cc1ccc2c(c1)CCCC2. The topological polar surface area (TPSA) is 26.0 Å². The Balaban J connectivity index is 0. The van der Waals surface area contributed by atoms with Crippen molar-refractivity contribution in [1.82, 2.24) is 0 Å². The van der Waals surface area contributed by atoms with Crippen LogP contribution in [-0.2, 0) is 12.8 Å². The maximum Gasteiger partial charge on any atom is -0.0195 e. The first-order chi connectivity index (χ1) is 8.36. The van der Waals surface area contributed by atoms with Crippen molar-refractivity contribution in [3.05, 3.63) is 34.9 Å². The van der Waals surface area contributed by atoms with Gasteiger partial charge in [-0.2, -0.15) is 0 Å². The second-order valence-corrected chi connectivity index (χ2v) is 3.48. The fraction of sp³-hybridized carbons (Fsp3) is 0.625. The van der Waals surface area contributed by atoms with Gasteiger partial charge >= 0.3 is 0 Å². The standard InChI is InChI=1S/C11H14.2C2H6.CH5N/c1-9-6-7-10-4-2-3-5-11(10)8-9;3*1-2/h6-8H,2-5H2,1H3;2*1-2H3;2H2,1H3. The molecular weight excluding hydrogens is 206 g/mol. The van der Waals surface area contributed by atoms with Gasteiger partial charge in [0, 0.05) is 0 Å². The molecule has 0 saturated carbocycles. The van der Waals surface area contributed by atoms with Crippen LogP contribution in [0.5, 0.6) is 0 Å². The number of hydrogen-bond donors (Lipinski definition) is 1. The van der Waals surface area contributed by atoms with Gasteiger partial charge < -0.3 is 5.73 Å². The third kappa shape index (κ3) is 7.17. The van der Waals surface area contributed by atoms with Gasteiger partial charge in [0.15, 0.2) is 0 Å². The second-order valence-electron chi connectivity index (χ2n) is 3.48. The number of fused-ring (bicyclic) bond motifs is 1. The Morgan fingerprint density at radius 2 is 1.29 bits per heavy atom. The van der Waals surface area contributed by atoms with E-state index in [9.17, 15) is 0 Å². The first kappa shape index (κ1) is 18.5. The van der Waals surface area contributed by atoms with Crippen LogP contribution in [0.15, 0.2) is 18.2 Å². The van der Waals surface area contributed by atoms with Crippen LogP contribution in [0.2, 0.25) is 0 Å². The number of aryl methyl sites for hydroxylation is 3. The van der Waals surface area contributed by atoms with Crippen LogP contribution in [0.4, 0.5) is 0 Å². The van der Waals surface area contributed by atoms with Crippen LogP contribution in [0.25, 0.3) is 0 Å². The van der Waals surface area contributed by atoms with Gasteiger partial charge in [0.25, 0.3) is 0 Å². The summed E-state index contributed by atoms with van der Waals surface area (Å²) in [6.07, 6.45) is 5.37. The monoisotopic (exact) mass is 237 g/mol. The van der Waals surface area contributed by atoms with Gasteiger partial charge in [-0.15, -0.1) is 0 Å².